The second-order valence-corrected chi connectivity index (χ2v) is 8.46. The Hall–Kier alpha value is -2.35. The highest BCUT2D eigenvalue weighted by Gasteiger charge is 2.50. The summed E-state index contributed by atoms with van der Waals surface area (Å²) in [6, 6.07) is 19.5. The molecule has 1 heterocycles. The van der Waals surface area contributed by atoms with Gasteiger partial charge in [-0.3, -0.25) is 9.59 Å². The van der Waals surface area contributed by atoms with Gasteiger partial charge < -0.3 is 18.9 Å². The molecule has 5 atom stereocenters. The molecule has 2 aromatic carbocycles. The van der Waals surface area contributed by atoms with E-state index in [4.69, 9.17) is 18.9 Å². The highest BCUT2D eigenvalue weighted by molar-refractivity contribution is 7.99. The third kappa shape index (κ3) is 6.56. The third-order valence-electron chi connectivity index (χ3n) is 4.88. The Morgan fingerprint density at radius 2 is 1.45 bits per heavy atom. The lowest BCUT2D eigenvalue weighted by atomic mass is 9.97. The van der Waals surface area contributed by atoms with Crippen LogP contribution in [0.5, 0.6) is 0 Å². The predicted molar refractivity (Wildman–Crippen MR) is 117 cm³/mol. The lowest BCUT2D eigenvalue weighted by Gasteiger charge is -2.44. The molecule has 0 saturated carbocycles. The molecule has 2 aromatic rings. The van der Waals surface area contributed by atoms with E-state index in [1.54, 1.807) is 0 Å². The fourth-order valence-corrected chi connectivity index (χ4v) is 4.67. The molecule has 0 amide bonds. The minimum atomic E-state index is -0.751. The topological polar surface area (TPSA) is 71.1 Å². The summed E-state index contributed by atoms with van der Waals surface area (Å²) >= 11 is 1.46. The Bertz CT molecular complexity index is 844. The van der Waals surface area contributed by atoms with Crippen LogP contribution in [0.3, 0.4) is 0 Å². The quantitative estimate of drug-likeness (QED) is 0.560. The second kappa shape index (κ2) is 11.3. The molecule has 1 fully saturated rings. The van der Waals surface area contributed by atoms with Gasteiger partial charge in [-0.1, -0.05) is 67.2 Å². The summed E-state index contributed by atoms with van der Waals surface area (Å²) in [7, 11) is 0. The van der Waals surface area contributed by atoms with Gasteiger partial charge in [0.2, 0.25) is 0 Å². The average Bonchev–Trinajstić information content (AvgIpc) is 2.75. The molecule has 0 spiro atoms. The van der Waals surface area contributed by atoms with E-state index in [9.17, 15) is 9.59 Å². The first-order valence-corrected chi connectivity index (χ1v) is 11.2. The normalized spacial score (nSPS) is 25.6. The molecule has 1 saturated heterocycles. The Morgan fingerprint density at radius 3 is 2.03 bits per heavy atom. The van der Waals surface area contributed by atoms with Crippen LogP contribution in [-0.2, 0) is 35.1 Å². The monoisotopic (exact) mass is 444 g/mol. The number of benzene rings is 2. The van der Waals surface area contributed by atoms with Gasteiger partial charge in [0.1, 0.15) is 11.5 Å². The largest absolute Gasteiger partial charge is 0.457 e. The van der Waals surface area contributed by atoms with Gasteiger partial charge in [-0.25, -0.2) is 0 Å². The van der Waals surface area contributed by atoms with E-state index >= 15 is 0 Å². The Balaban J connectivity index is 1.91. The van der Waals surface area contributed by atoms with Crippen LogP contribution in [0.2, 0.25) is 0 Å². The third-order valence-corrected chi connectivity index (χ3v) is 6.03. The number of ether oxygens (including phenoxy) is 4. The van der Waals surface area contributed by atoms with Crippen molar-refractivity contribution in [2.24, 2.45) is 0 Å². The van der Waals surface area contributed by atoms with Crippen LogP contribution < -0.4 is 0 Å². The zero-order chi connectivity index (χ0) is 22.2. The lowest BCUT2D eigenvalue weighted by molar-refractivity contribution is -0.236. The Morgan fingerprint density at radius 1 is 0.871 bits per heavy atom. The summed E-state index contributed by atoms with van der Waals surface area (Å²) in [5, 5.41) is 0. The van der Waals surface area contributed by atoms with Crippen molar-refractivity contribution >= 4 is 23.7 Å². The van der Waals surface area contributed by atoms with Gasteiger partial charge in [-0.15, -0.1) is 0 Å². The minimum absolute atomic E-state index is 0.292. The van der Waals surface area contributed by atoms with Crippen LogP contribution in [0.1, 0.15) is 32.8 Å². The van der Waals surface area contributed by atoms with Gasteiger partial charge in [0.25, 0.3) is 0 Å². The maximum atomic E-state index is 12.0. The van der Waals surface area contributed by atoms with Crippen LogP contribution in [0.25, 0.3) is 0 Å². The van der Waals surface area contributed by atoms with E-state index in [1.165, 1.54) is 25.6 Å². The molecule has 7 heteroatoms. The maximum Gasteiger partial charge on any atom is 0.303 e. The Kier molecular flexibility index (Phi) is 8.51. The molecule has 31 heavy (non-hydrogen) atoms. The van der Waals surface area contributed by atoms with Gasteiger partial charge >= 0.3 is 11.9 Å². The van der Waals surface area contributed by atoms with E-state index < -0.39 is 41.8 Å². The first-order valence-electron chi connectivity index (χ1n) is 10.3. The summed E-state index contributed by atoms with van der Waals surface area (Å²) in [6.45, 7) is 4.96. The van der Waals surface area contributed by atoms with Gasteiger partial charge in [0.15, 0.2) is 12.2 Å². The number of esters is 2. The number of rotatable bonds is 8. The van der Waals surface area contributed by atoms with Crippen molar-refractivity contribution in [3.05, 3.63) is 66.2 Å². The van der Waals surface area contributed by atoms with E-state index in [1.807, 2.05) is 67.6 Å². The fourth-order valence-electron chi connectivity index (χ4n) is 3.54. The second-order valence-electron chi connectivity index (χ2n) is 7.29. The average molecular weight is 445 g/mol. The highest BCUT2D eigenvalue weighted by Crippen LogP contribution is 2.38. The molecule has 166 valence electrons. The number of thioether (sulfide) groups is 1. The van der Waals surface area contributed by atoms with E-state index in [0.29, 0.717) is 13.0 Å². The zero-order valence-corrected chi connectivity index (χ0v) is 18.7. The zero-order valence-electron chi connectivity index (χ0n) is 17.9. The molecular formula is C24H28O6S. The molecule has 3 rings (SSSR count). The minimum Gasteiger partial charge on any atom is -0.457 e. The van der Waals surface area contributed by atoms with E-state index in [2.05, 4.69) is 0 Å². The van der Waals surface area contributed by atoms with Crippen LogP contribution in [0.15, 0.2) is 65.6 Å². The maximum absolute atomic E-state index is 12.0. The number of carbonyl (C=O) groups is 2. The molecule has 0 bridgehead atoms. The van der Waals surface area contributed by atoms with Gasteiger partial charge in [0, 0.05) is 18.7 Å². The van der Waals surface area contributed by atoms with Crippen LogP contribution in [0, 0.1) is 0 Å². The molecule has 2 unspecified atom stereocenters. The van der Waals surface area contributed by atoms with Crippen molar-refractivity contribution in [1.29, 1.82) is 0 Å². The smallest absolute Gasteiger partial charge is 0.303 e. The molecule has 0 aromatic heterocycles. The summed E-state index contributed by atoms with van der Waals surface area (Å²) in [4.78, 5) is 24.8. The molecule has 0 N–H and O–H groups in total. The van der Waals surface area contributed by atoms with Crippen LogP contribution in [-0.4, -0.2) is 41.8 Å². The van der Waals surface area contributed by atoms with E-state index in [-0.39, 0.29) is 0 Å². The van der Waals surface area contributed by atoms with Crippen molar-refractivity contribution in [3.63, 3.8) is 0 Å². The van der Waals surface area contributed by atoms with Crippen molar-refractivity contribution in [2.75, 3.05) is 0 Å². The number of carbonyl (C=O) groups excluding carboxylic acids is 2. The molecular weight excluding hydrogens is 416 g/mol. The summed E-state index contributed by atoms with van der Waals surface area (Å²) < 4.78 is 23.8. The summed E-state index contributed by atoms with van der Waals surface area (Å²) in [5.74, 6) is -0.881. The van der Waals surface area contributed by atoms with Crippen molar-refractivity contribution in [3.8, 4) is 0 Å². The van der Waals surface area contributed by atoms with Crippen LogP contribution >= 0.6 is 11.8 Å². The fraction of sp³-hybridized carbons (Fsp3) is 0.417. The molecule has 1 aliphatic rings. The predicted octanol–water partition coefficient (Wildman–Crippen LogP) is 4.36. The Labute approximate surface area is 187 Å². The van der Waals surface area contributed by atoms with Crippen molar-refractivity contribution < 1.29 is 28.5 Å². The van der Waals surface area contributed by atoms with Gasteiger partial charge in [-0.2, -0.15) is 0 Å². The van der Waals surface area contributed by atoms with Crippen molar-refractivity contribution in [2.45, 2.75) is 68.5 Å². The lowest BCUT2D eigenvalue weighted by Crippen LogP contribution is -2.59. The van der Waals surface area contributed by atoms with Crippen molar-refractivity contribution in [1.82, 2.24) is 0 Å². The van der Waals surface area contributed by atoms with Gasteiger partial charge in [-0.05, 0) is 24.1 Å². The molecule has 1 aliphatic heterocycles. The standard InChI is InChI=1S/C24H28O6S/c1-4-20-21(28-16(2)25)22(27-15-18-11-7-5-8-12-18)23(29-17(3)26)24(30-20)31-19-13-9-6-10-14-19/h5-14,20-24H,4,15H2,1-3H3/t20?,21-,22-,23?,24+/m1/s1. The number of hydrogen-bond acceptors (Lipinski definition) is 7. The highest BCUT2D eigenvalue weighted by atomic mass is 32.2. The number of hydrogen-bond donors (Lipinski definition) is 0. The van der Waals surface area contributed by atoms with E-state index in [0.717, 1.165) is 10.5 Å². The molecule has 0 aliphatic carbocycles. The molecule has 6 nitrogen and oxygen atoms in total. The molecule has 0 radical (unpaired) electrons. The summed E-state index contributed by atoms with van der Waals surface area (Å²) in [5.41, 5.74) is 0.460. The first-order chi connectivity index (χ1) is 15.0. The SMILES string of the molecule is CCC1O[C@@H](Sc2ccccc2)C(OC(C)=O)[C@H](OCc2ccccc2)[C@@H]1OC(C)=O. The summed E-state index contributed by atoms with van der Waals surface area (Å²) in [6.07, 6.45) is -1.89. The first kappa shape index (κ1) is 23.3. The van der Waals surface area contributed by atoms with Gasteiger partial charge in [0.05, 0.1) is 12.7 Å². The van der Waals surface area contributed by atoms with Crippen LogP contribution in [0.4, 0.5) is 0 Å².